The molecule has 0 fully saturated rings. The summed E-state index contributed by atoms with van der Waals surface area (Å²) in [5.41, 5.74) is 6.15. The van der Waals surface area contributed by atoms with Gasteiger partial charge >= 0.3 is 0 Å². The van der Waals surface area contributed by atoms with Gasteiger partial charge in [0.2, 0.25) is 0 Å². The highest BCUT2D eigenvalue weighted by molar-refractivity contribution is 6.31. The first-order valence-electron chi connectivity index (χ1n) is 5.88. The van der Waals surface area contributed by atoms with Crippen LogP contribution in [0.15, 0.2) is 24.3 Å². The third-order valence-corrected chi connectivity index (χ3v) is 3.81. The van der Waals surface area contributed by atoms with E-state index in [4.69, 9.17) is 11.6 Å². The Bertz CT molecular complexity index is 584. The van der Waals surface area contributed by atoms with Crippen LogP contribution in [0, 0.1) is 13.8 Å². The van der Waals surface area contributed by atoms with Crippen LogP contribution in [0.4, 0.5) is 5.69 Å². The van der Waals surface area contributed by atoms with Crippen molar-refractivity contribution in [1.82, 2.24) is 4.57 Å². The van der Waals surface area contributed by atoms with Crippen LogP contribution in [0.3, 0.4) is 0 Å². The number of fused-ring (bicyclic) bond motifs is 1. The first-order valence-corrected chi connectivity index (χ1v) is 6.26. The van der Waals surface area contributed by atoms with Crippen molar-refractivity contribution >= 4 is 17.3 Å². The van der Waals surface area contributed by atoms with Crippen LogP contribution in [-0.4, -0.2) is 11.1 Å². The minimum Gasteiger partial charge on any atom is -0.384 e. The molecule has 0 aliphatic carbocycles. The van der Waals surface area contributed by atoms with Crippen LogP contribution in [0.2, 0.25) is 5.02 Å². The summed E-state index contributed by atoms with van der Waals surface area (Å²) in [6.45, 7) is 5.19. The maximum atomic E-state index is 6.17. The largest absolute Gasteiger partial charge is 0.384 e. The van der Waals surface area contributed by atoms with Gasteiger partial charge in [0.15, 0.2) is 0 Å². The van der Waals surface area contributed by atoms with Gasteiger partial charge in [-0.05, 0) is 50.1 Å². The Morgan fingerprint density at radius 3 is 2.76 bits per heavy atom. The molecule has 2 nitrogen and oxygen atoms in total. The maximum Gasteiger partial charge on any atom is 0.0618 e. The Balaban J connectivity index is 2.15. The van der Waals surface area contributed by atoms with Gasteiger partial charge in [-0.3, -0.25) is 0 Å². The van der Waals surface area contributed by atoms with E-state index in [1.165, 1.54) is 22.6 Å². The van der Waals surface area contributed by atoms with Gasteiger partial charge in [0.05, 0.1) is 5.02 Å². The summed E-state index contributed by atoms with van der Waals surface area (Å²) in [6.07, 6.45) is 1.11. The highest BCUT2D eigenvalue weighted by atomic mass is 35.5. The maximum absolute atomic E-state index is 6.17. The molecule has 0 spiro atoms. The molecule has 0 atom stereocenters. The minimum absolute atomic E-state index is 0.834. The van der Waals surface area contributed by atoms with Crippen molar-refractivity contribution in [2.24, 2.45) is 0 Å². The van der Waals surface area contributed by atoms with E-state index in [1.54, 1.807) is 0 Å². The third kappa shape index (κ3) is 1.64. The smallest absolute Gasteiger partial charge is 0.0618 e. The predicted octanol–water partition coefficient (Wildman–Crippen LogP) is 3.72. The molecular weight excluding hydrogens is 232 g/mol. The molecule has 3 rings (SSSR count). The van der Waals surface area contributed by atoms with Crippen molar-refractivity contribution < 1.29 is 0 Å². The van der Waals surface area contributed by atoms with Crippen LogP contribution in [0.25, 0.3) is 5.69 Å². The number of halogens is 1. The second kappa shape index (κ2) is 3.81. The lowest BCUT2D eigenvalue weighted by Gasteiger charge is -2.11. The quantitative estimate of drug-likeness (QED) is 0.812. The van der Waals surface area contributed by atoms with Crippen molar-refractivity contribution in [3.05, 3.63) is 46.2 Å². The molecular formula is C14H15ClN2. The van der Waals surface area contributed by atoms with Gasteiger partial charge in [-0.15, -0.1) is 0 Å². The van der Waals surface area contributed by atoms with Crippen molar-refractivity contribution in [1.29, 1.82) is 0 Å². The predicted molar refractivity (Wildman–Crippen MR) is 72.4 cm³/mol. The number of benzene rings is 1. The Hall–Kier alpha value is -1.41. The number of anilines is 1. The molecule has 1 N–H and O–H groups in total. The first kappa shape index (κ1) is 10.7. The van der Waals surface area contributed by atoms with Gasteiger partial charge in [0.1, 0.15) is 0 Å². The Morgan fingerprint density at radius 1 is 1.24 bits per heavy atom. The number of aryl methyl sites for hydroxylation is 1. The van der Waals surface area contributed by atoms with Gasteiger partial charge < -0.3 is 9.88 Å². The monoisotopic (exact) mass is 246 g/mol. The SMILES string of the molecule is Cc1cc(Cl)c(C)n1-c1ccc2c(c1)CCN2. The lowest BCUT2D eigenvalue weighted by Crippen LogP contribution is -1.99. The number of nitrogens with one attached hydrogen (secondary N) is 1. The summed E-state index contributed by atoms with van der Waals surface area (Å²) in [7, 11) is 0. The van der Waals surface area contributed by atoms with Crippen LogP contribution in [0.5, 0.6) is 0 Å². The molecule has 1 aromatic carbocycles. The van der Waals surface area contributed by atoms with Crippen LogP contribution in [-0.2, 0) is 6.42 Å². The lowest BCUT2D eigenvalue weighted by atomic mass is 10.1. The van der Waals surface area contributed by atoms with E-state index in [2.05, 4.69) is 41.9 Å². The Morgan fingerprint density at radius 2 is 2.06 bits per heavy atom. The molecule has 17 heavy (non-hydrogen) atoms. The fourth-order valence-electron chi connectivity index (χ4n) is 2.55. The van der Waals surface area contributed by atoms with Crippen LogP contribution in [0.1, 0.15) is 17.0 Å². The van der Waals surface area contributed by atoms with Gasteiger partial charge in [0, 0.05) is 29.3 Å². The van der Waals surface area contributed by atoms with Crippen molar-refractivity contribution in [3.8, 4) is 5.69 Å². The van der Waals surface area contributed by atoms with E-state index in [1.807, 2.05) is 6.07 Å². The normalized spacial score (nSPS) is 13.6. The summed E-state index contributed by atoms with van der Waals surface area (Å²) in [5, 5.41) is 4.21. The van der Waals surface area contributed by atoms with Crippen molar-refractivity contribution in [2.45, 2.75) is 20.3 Å². The summed E-state index contributed by atoms with van der Waals surface area (Å²) < 4.78 is 2.21. The molecule has 3 heteroatoms. The molecule has 0 bridgehead atoms. The van der Waals surface area contributed by atoms with E-state index in [9.17, 15) is 0 Å². The standard InChI is InChI=1S/C14H15ClN2/c1-9-7-13(15)10(2)17(9)12-3-4-14-11(8-12)5-6-16-14/h3-4,7-8,16H,5-6H2,1-2H3. The Kier molecular flexibility index (Phi) is 2.40. The highest BCUT2D eigenvalue weighted by Gasteiger charge is 2.13. The molecule has 2 aromatic rings. The van der Waals surface area contributed by atoms with E-state index in [-0.39, 0.29) is 0 Å². The number of hydrogen-bond acceptors (Lipinski definition) is 1. The summed E-state index contributed by atoms with van der Waals surface area (Å²) in [6, 6.07) is 8.58. The average molecular weight is 247 g/mol. The fraction of sp³-hybridized carbons (Fsp3) is 0.286. The second-order valence-electron chi connectivity index (χ2n) is 4.57. The average Bonchev–Trinajstić information content (AvgIpc) is 2.84. The van der Waals surface area contributed by atoms with Crippen LogP contribution < -0.4 is 5.32 Å². The molecule has 0 radical (unpaired) electrons. The van der Waals surface area contributed by atoms with Crippen molar-refractivity contribution in [3.63, 3.8) is 0 Å². The number of aromatic nitrogens is 1. The zero-order valence-electron chi connectivity index (χ0n) is 10.0. The fourth-order valence-corrected chi connectivity index (χ4v) is 2.79. The molecule has 0 unspecified atom stereocenters. The minimum atomic E-state index is 0.834. The molecule has 0 saturated heterocycles. The van der Waals surface area contributed by atoms with Crippen LogP contribution >= 0.6 is 11.6 Å². The van der Waals surface area contributed by atoms with E-state index >= 15 is 0 Å². The molecule has 2 heterocycles. The molecule has 88 valence electrons. The number of rotatable bonds is 1. The Labute approximate surface area is 106 Å². The zero-order chi connectivity index (χ0) is 12.0. The van der Waals surface area contributed by atoms with Gasteiger partial charge in [0.25, 0.3) is 0 Å². The second-order valence-corrected chi connectivity index (χ2v) is 4.98. The lowest BCUT2D eigenvalue weighted by molar-refractivity contribution is 0.962. The first-order chi connectivity index (χ1) is 8.16. The van der Waals surface area contributed by atoms with E-state index in [0.717, 1.165) is 23.7 Å². The third-order valence-electron chi connectivity index (χ3n) is 3.43. The van der Waals surface area contributed by atoms with Crippen molar-refractivity contribution in [2.75, 3.05) is 11.9 Å². The molecule has 0 saturated carbocycles. The molecule has 1 aliphatic heterocycles. The zero-order valence-corrected chi connectivity index (χ0v) is 10.8. The van der Waals surface area contributed by atoms with Gasteiger partial charge in [-0.1, -0.05) is 11.6 Å². The summed E-state index contributed by atoms with van der Waals surface area (Å²) in [4.78, 5) is 0. The number of nitrogens with zero attached hydrogens (tertiary/aromatic N) is 1. The summed E-state index contributed by atoms with van der Waals surface area (Å²) in [5.74, 6) is 0. The molecule has 1 aromatic heterocycles. The topological polar surface area (TPSA) is 17.0 Å². The van der Waals surface area contributed by atoms with Gasteiger partial charge in [-0.2, -0.15) is 0 Å². The van der Waals surface area contributed by atoms with E-state index < -0.39 is 0 Å². The molecule has 0 amide bonds. The highest BCUT2D eigenvalue weighted by Crippen LogP contribution is 2.29. The van der Waals surface area contributed by atoms with Gasteiger partial charge in [-0.25, -0.2) is 0 Å². The summed E-state index contributed by atoms with van der Waals surface area (Å²) >= 11 is 6.17. The number of hydrogen-bond donors (Lipinski definition) is 1. The van der Waals surface area contributed by atoms with E-state index in [0.29, 0.717) is 0 Å². The molecule has 1 aliphatic rings.